The molecule has 0 radical (unpaired) electrons. The smallest absolute Gasteiger partial charge is 0.129 e. The average Bonchev–Trinajstić information content (AvgIpc) is 3.12. The van der Waals surface area contributed by atoms with Crippen LogP contribution in [-0.2, 0) is 11.3 Å². The second-order valence-electron chi connectivity index (χ2n) is 5.67. The number of halogens is 1. The lowest BCUT2D eigenvalue weighted by Gasteiger charge is -2.08. The molecule has 0 bridgehead atoms. The predicted octanol–water partition coefficient (Wildman–Crippen LogP) is 1.73. The van der Waals surface area contributed by atoms with Crippen LogP contribution >= 0.6 is 11.6 Å². The maximum absolute atomic E-state index is 8.62. The summed E-state index contributed by atoms with van der Waals surface area (Å²) in [6.45, 7) is 1.21. The molecule has 0 aliphatic heterocycles. The van der Waals surface area contributed by atoms with Crippen LogP contribution in [0.5, 0.6) is 0 Å². The molecule has 0 saturated heterocycles. The number of nitrogens with two attached hydrogens (primary N) is 1. The zero-order valence-electron chi connectivity index (χ0n) is 14.6. The Bertz CT molecular complexity index is 965. The highest BCUT2D eigenvalue weighted by molar-refractivity contribution is 6.30. The largest absolute Gasteiger partial charge is 0.383 e. The van der Waals surface area contributed by atoms with Gasteiger partial charge in [0, 0.05) is 30.6 Å². The molecule has 0 saturated carbocycles. The first-order chi connectivity index (χ1) is 12.6. The molecule has 3 aromatic heterocycles. The number of hydrogen-bond donors (Lipinski definition) is 2. The summed E-state index contributed by atoms with van der Waals surface area (Å²) in [6.07, 6.45) is 7.17. The van der Waals surface area contributed by atoms with Crippen molar-refractivity contribution < 1.29 is 10.1 Å². The fourth-order valence-corrected chi connectivity index (χ4v) is 2.73. The van der Waals surface area contributed by atoms with E-state index >= 15 is 0 Å². The Kier molecular flexibility index (Phi) is 5.72. The number of pyridine rings is 2. The first kappa shape index (κ1) is 18.2. The summed E-state index contributed by atoms with van der Waals surface area (Å²) >= 11 is 5.99. The molecule has 3 rings (SSSR count). The number of rotatable bonds is 7. The Labute approximate surface area is 156 Å². The number of aromatic nitrogens is 4. The number of nitrogens with zero attached hydrogens (tertiary/aromatic N) is 4. The van der Waals surface area contributed by atoms with Gasteiger partial charge in [0.1, 0.15) is 11.4 Å². The van der Waals surface area contributed by atoms with E-state index in [0.29, 0.717) is 29.5 Å². The van der Waals surface area contributed by atoms with Crippen LogP contribution in [0.1, 0.15) is 11.1 Å². The second kappa shape index (κ2) is 8.18. The Hall–Kier alpha value is -2.61. The maximum atomic E-state index is 8.62. The van der Waals surface area contributed by atoms with Gasteiger partial charge in [-0.2, -0.15) is 5.10 Å². The van der Waals surface area contributed by atoms with Crippen molar-refractivity contribution in [2.45, 2.75) is 6.54 Å². The van der Waals surface area contributed by atoms with Gasteiger partial charge in [0.25, 0.3) is 0 Å². The van der Waals surface area contributed by atoms with Crippen molar-refractivity contribution in [3.05, 3.63) is 59.3 Å². The monoisotopic (exact) mass is 371 g/mol. The number of fused-ring (bicyclic) bond motifs is 1. The van der Waals surface area contributed by atoms with Gasteiger partial charge in [0.2, 0.25) is 0 Å². The van der Waals surface area contributed by atoms with Crippen molar-refractivity contribution in [3.63, 3.8) is 0 Å². The topological polar surface area (TPSA) is 93.3 Å². The number of ether oxygens (including phenoxy) is 1. The van der Waals surface area contributed by atoms with Crippen LogP contribution in [0.3, 0.4) is 0 Å². The van der Waals surface area contributed by atoms with E-state index in [1.54, 1.807) is 30.3 Å². The van der Waals surface area contributed by atoms with Gasteiger partial charge in [-0.05, 0) is 18.2 Å². The molecular weight excluding hydrogens is 352 g/mol. The SMILES string of the molecule is C[NH2+]C=C(C(=N)c1cnn(CCOC)c1)c1cnc2ccc(Cl)nc2c1. The first-order valence-electron chi connectivity index (χ1n) is 8.15. The highest BCUT2D eigenvalue weighted by Gasteiger charge is 2.15. The maximum Gasteiger partial charge on any atom is 0.129 e. The van der Waals surface area contributed by atoms with Crippen molar-refractivity contribution in [2.24, 2.45) is 0 Å². The number of hydrogen-bond acceptors (Lipinski definition) is 5. The summed E-state index contributed by atoms with van der Waals surface area (Å²) in [4.78, 5) is 8.75. The Balaban J connectivity index is 1.95. The zero-order valence-corrected chi connectivity index (χ0v) is 15.4. The fraction of sp³-hybridized carbons (Fsp3) is 0.222. The van der Waals surface area contributed by atoms with Crippen LogP contribution in [-0.4, -0.2) is 46.2 Å². The third-order valence-corrected chi connectivity index (χ3v) is 4.07. The van der Waals surface area contributed by atoms with E-state index in [-0.39, 0.29) is 0 Å². The number of methoxy groups -OCH3 is 1. The van der Waals surface area contributed by atoms with Crippen LogP contribution in [0, 0.1) is 5.41 Å². The summed E-state index contributed by atoms with van der Waals surface area (Å²) in [6, 6.07) is 5.44. The van der Waals surface area contributed by atoms with Crippen LogP contribution in [0.25, 0.3) is 16.6 Å². The van der Waals surface area contributed by atoms with Gasteiger partial charge in [-0.3, -0.25) is 15.1 Å². The minimum atomic E-state index is 0.370. The lowest BCUT2D eigenvalue weighted by atomic mass is 9.99. The first-order valence-corrected chi connectivity index (χ1v) is 8.53. The fourth-order valence-electron chi connectivity index (χ4n) is 2.57. The lowest BCUT2D eigenvalue weighted by Crippen LogP contribution is -2.73. The molecular formula is C18H20ClN6O+. The molecule has 7 nitrogen and oxygen atoms in total. The van der Waals surface area contributed by atoms with Crippen molar-refractivity contribution in [1.82, 2.24) is 19.7 Å². The van der Waals surface area contributed by atoms with E-state index in [9.17, 15) is 0 Å². The van der Waals surface area contributed by atoms with Crippen LogP contribution in [0.4, 0.5) is 0 Å². The van der Waals surface area contributed by atoms with E-state index in [4.69, 9.17) is 21.7 Å². The molecule has 0 amide bonds. The van der Waals surface area contributed by atoms with Gasteiger partial charge in [-0.15, -0.1) is 0 Å². The molecule has 8 heteroatoms. The molecule has 3 N–H and O–H groups in total. The molecule has 0 atom stereocenters. The lowest BCUT2D eigenvalue weighted by molar-refractivity contribution is -0.555. The zero-order chi connectivity index (χ0) is 18.5. The predicted molar refractivity (Wildman–Crippen MR) is 101 cm³/mol. The quantitative estimate of drug-likeness (QED) is 0.488. The summed E-state index contributed by atoms with van der Waals surface area (Å²) in [5, 5.41) is 15.2. The van der Waals surface area contributed by atoms with Crippen LogP contribution in [0.15, 0.2) is 43.0 Å². The molecule has 0 aliphatic rings. The molecule has 3 heterocycles. The molecule has 134 valence electrons. The van der Waals surface area contributed by atoms with Gasteiger partial charge in [-0.1, -0.05) is 11.6 Å². The summed E-state index contributed by atoms with van der Waals surface area (Å²) in [5.74, 6) is 0. The highest BCUT2D eigenvalue weighted by atomic mass is 35.5. The summed E-state index contributed by atoms with van der Waals surface area (Å²) in [7, 11) is 3.57. The third-order valence-electron chi connectivity index (χ3n) is 3.86. The van der Waals surface area contributed by atoms with Gasteiger partial charge >= 0.3 is 0 Å². The molecule has 0 spiro atoms. The Morgan fingerprint density at radius 3 is 2.92 bits per heavy atom. The molecule has 26 heavy (non-hydrogen) atoms. The molecule has 0 aromatic carbocycles. The number of nitrogens with one attached hydrogen (secondary N) is 1. The van der Waals surface area contributed by atoms with Crippen LogP contribution < -0.4 is 5.32 Å². The molecule has 0 fully saturated rings. The summed E-state index contributed by atoms with van der Waals surface area (Å²) < 4.78 is 6.83. The van der Waals surface area contributed by atoms with Gasteiger partial charge in [0.15, 0.2) is 0 Å². The Morgan fingerprint density at radius 2 is 2.15 bits per heavy atom. The van der Waals surface area contributed by atoms with E-state index in [0.717, 1.165) is 22.2 Å². The standard InChI is InChI=1S/C18H19ClN6O/c1-21-10-14(18(20)13-9-23-25(11-13)5-6-26-2)12-7-16-15(22-8-12)3-4-17(19)24-16/h3-4,7-11,20-21H,5-6H2,1-2H3/p+1. The third kappa shape index (κ3) is 3.96. The molecule has 0 aliphatic carbocycles. The second-order valence-corrected chi connectivity index (χ2v) is 6.06. The van der Waals surface area contributed by atoms with E-state index in [2.05, 4.69) is 15.1 Å². The van der Waals surface area contributed by atoms with Crippen molar-refractivity contribution in [3.8, 4) is 0 Å². The van der Waals surface area contributed by atoms with E-state index in [1.807, 2.05) is 36.9 Å². The van der Waals surface area contributed by atoms with Crippen molar-refractivity contribution in [2.75, 3.05) is 20.8 Å². The van der Waals surface area contributed by atoms with E-state index < -0.39 is 0 Å². The molecule has 0 unspecified atom stereocenters. The normalized spacial score (nSPS) is 11.9. The van der Waals surface area contributed by atoms with Crippen LogP contribution in [0.2, 0.25) is 5.15 Å². The Morgan fingerprint density at radius 1 is 1.31 bits per heavy atom. The van der Waals surface area contributed by atoms with Crippen molar-refractivity contribution in [1.29, 1.82) is 5.41 Å². The highest BCUT2D eigenvalue weighted by Crippen LogP contribution is 2.22. The number of allylic oxidation sites excluding steroid dienone is 1. The van der Waals surface area contributed by atoms with Crippen molar-refractivity contribution >= 4 is 33.9 Å². The summed E-state index contributed by atoms with van der Waals surface area (Å²) in [5.41, 5.74) is 4.11. The minimum Gasteiger partial charge on any atom is -0.383 e. The average molecular weight is 372 g/mol. The van der Waals surface area contributed by atoms with Gasteiger partial charge in [-0.25, -0.2) is 4.98 Å². The van der Waals surface area contributed by atoms with Gasteiger partial charge < -0.3 is 10.1 Å². The molecule has 3 aromatic rings. The number of quaternary nitrogens is 1. The van der Waals surface area contributed by atoms with E-state index in [1.165, 1.54) is 0 Å². The van der Waals surface area contributed by atoms with Gasteiger partial charge in [0.05, 0.1) is 48.7 Å². The minimum absolute atomic E-state index is 0.370.